The highest BCUT2D eigenvalue weighted by atomic mass is 16.6. The van der Waals surface area contributed by atoms with E-state index in [9.17, 15) is 9.59 Å². The fraction of sp³-hybridized carbons (Fsp3) is 0.333. The lowest BCUT2D eigenvalue weighted by Gasteiger charge is -2.29. The first-order valence-electron chi connectivity index (χ1n) is 7.25. The lowest BCUT2D eigenvalue weighted by Crippen LogP contribution is -2.41. The molecular formula is C18H18O5. The van der Waals surface area contributed by atoms with Crippen molar-refractivity contribution in [1.82, 2.24) is 0 Å². The topological polar surface area (TPSA) is 61.8 Å². The summed E-state index contributed by atoms with van der Waals surface area (Å²) in [5, 5.41) is 0. The molecule has 5 heteroatoms. The molecule has 0 N–H and O–H groups in total. The Morgan fingerprint density at radius 2 is 1.87 bits per heavy atom. The Kier molecular flexibility index (Phi) is 5.95. The van der Waals surface area contributed by atoms with Gasteiger partial charge in [0.05, 0.1) is 0 Å². The zero-order chi connectivity index (χ0) is 16.7. The molecule has 0 saturated heterocycles. The monoisotopic (exact) mass is 314 g/mol. The van der Waals surface area contributed by atoms with Gasteiger partial charge in [0.15, 0.2) is 0 Å². The van der Waals surface area contributed by atoms with E-state index in [1.165, 1.54) is 13.8 Å². The first-order chi connectivity index (χ1) is 11.0. The minimum atomic E-state index is -0.596. The van der Waals surface area contributed by atoms with E-state index in [-0.39, 0.29) is 6.61 Å². The maximum absolute atomic E-state index is 11.1. The zero-order valence-electron chi connectivity index (χ0n) is 13.0. The predicted molar refractivity (Wildman–Crippen MR) is 83.3 cm³/mol. The highest BCUT2D eigenvalue weighted by Gasteiger charge is 2.29. The van der Waals surface area contributed by atoms with Gasteiger partial charge >= 0.3 is 11.9 Å². The molecule has 1 heterocycles. The van der Waals surface area contributed by atoms with E-state index in [4.69, 9.17) is 14.2 Å². The van der Waals surface area contributed by atoms with Crippen LogP contribution in [0.25, 0.3) is 0 Å². The predicted octanol–water partition coefficient (Wildman–Crippen LogP) is 1.86. The Bertz CT molecular complexity index is 638. The van der Waals surface area contributed by atoms with Gasteiger partial charge in [0.25, 0.3) is 0 Å². The van der Waals surface area contributed by atoms with E-state index in [0.29, 0.717) is 0 Å². The van der Waals surface area contributed by atoms with Crippen molar-refractivity contribution in [2.75, 3.05) is 6.61 Å². The van der Waals surface area contributed by atoms with Gasteiger partial charge in [-0.3, -0.25) is 9.59 Å². The van der Waals surface area contributed by atoms with Crippen molar-refractivity contribution in [3.05, 3.63) is 48.0 Å². The fourth-order valence-electron chi connectivity index (χ4n) is 2.04. The van der Waals surface area contributed by atoms with Crippen LogP contribution in [0.4, 0.5) is 0 Å². The average Bonchev–Trinajstić information content (AvgIpc) is 2.53. The number of esters is 2. The van der Waals surface area contributed by atoms with E-state index in [0.717, 1.165) is 5.56 Å². The summed E-state index contributed by atoms with van der Waals surface area (Å²) in [6.07, 6.45) is 1.81. The molecule has 0 bridgehead atoms. The first kappa shape index (κ1) is 16.8. The number of rotatable bonds is 3. The molecule has 2 rings (SSSR count). The number of ether oxygens (including phenoxy) is 3. The number of carbonyl (C=O) groups excluding carboxylic acids is 2. The van der Waals surface area contributed by atoms with E-state index in [1.54, 1.807) is 12.2 Å². The third-order valence-corrected chi connectivity index (χ3v) is 3.05. The SMILES string of the molecule is CC(=O)OC[C@H]1OC(C#Cc2ccccc2)C=C[C@@H]1OC(C)=O. The Morgan fingerprint density at radius 1 is 1.13 bits per heavy atom. The number of carbonyl (C=O) groups is 2. The van der Waals surface area contributed by atoms with Crippen LogP contribution >= 0.6 is 0 Å². The Balaban J connectivity index is 2.07. The molecule has 0 aliphatic carbocycles. The normalized spacial score (nSPS) is 22.6. The second-order valence-electron chi connectivity index (χ2n) is 4.99. The molecule has 0 spiro atoms. The standard InChI is InChI=1S/C18H18O5/c1-13(19)21-12-18-17(22-14(2)20)11-10-16(23-18)9-8-15-6-4-3-5-7-15/h3-7,10-11,16-18H,12H2,1-2H3/t16?,17-,18+/m0/s1. The molecule has 120 valence electrons. The summed E-state index contributed by atoms with van der Waals surface area (Å²) < 4.78 is 15.9. The number of hydrogen-bond donors (Lipinski definition) is 0. The van der Waals surface area contributed by atoms with Gasteiger partial charge < -0.3 is 14.2 Å². The van der Waals surface area contributed by atoms with Crippen molar-refractivity contribution in [2.45, 2.75) is 32.2 Å². The summed E-state index contributed by atoms with van der Waals surface area (Å²) in [5.74, 6) is 5.16. The maximum atomic E-state index is 11.1. The Morgan fingerprint density at radius 3 is 2.52 bits per heavy atom. The van der Waals surface area contributed by atoms with Crippen molar-refractivity contribution in [3.63, 3.8) is 0 Å². The molecule has 1 aliphatic rings. The van der Waals surface area contributed by atoms with Crippen LogP contribution in [0.15, 0.2) is 42.5 Å². The summed E-state index contributed by atoms with van der Waals surface area (Å²) in [6.45, 7) is 2.63. The lowest BCUT2D eigenvalue weighted by molar-refractivity contribution is -0.161. The molecule has 1 unspecified atom stereocenters. The second kappa shape index (κ2) is 8.16. The molecule has 3 atom stereocenters. The van der Waals surface area contributed by atoms with E-state index in [1.807, 2.05) is 30.3 Å². The number of hydrogen-bond acceptors (Lipinski definition) is 5. The van der Waals surface area contributed by atoms with E-state index >= 15 is 0 Å². The molecule has 0 saturated carbocycles. The van der Waals surface area contributed by atoms with Crippen molar-refractivity contribution in [3.8, 4) is 11.8 Å². The largest absolute Gasteiger partial charge is 0.463 e. The molecule has 0 aromatic heterocycles. The van der Waals surface area contributed by atoms with Gasteiger partial charge in [0, 0.05) is 19.4 Å². The summed E-state index contributed by atoms with van der Waals surface area (Å²) in [7, 11) is 0. The lowest BCUT2D eigenvalue weighted by atomic mass is 10.1. The highest BCUT2D eigenvalue weighted by molar-refractivity contribution is 5.67. The van der Waals surface area contributed by atoms with Gasteiger partial charge in [-0.15, -0.1) is 0 Å². The van der Waals surface area contributed by atoms with Gasteiger partial charge in [-0.05, 0) is 24.3 Å². The van der Waals surface area contributed by atoms with Crippen molar-refractivity contribution < 1.29 is 23.8 Å². The molecule has 0 radical (unpaired) electrons. The average molecular weight is 314 g/mol. The third kappa shape index (κ3) is 5.61. The summed E-state index contributed by atoms with van der Waals surface area (Å²) >= 11 is 0. The summed E-state index contributed by atoms with van der Waals surface area (Å²) in [4.78, 5) is 22.1. The molecule has 1 aliphatic heterocycles. The maximum Gasteiger partial charge on any atom is 0.303 e. The fourth-order valence-corrected chi connectivity index (χ4v) is 2.04. The summed E-state index contributed by atoms with van der Waals surface area (Å²) in [6, 6.07) is 9.53. The van der Waals surface area contributed by atoms with Crippen molar-refractivity contribution in [2.24, 2.45) is 0 Å². The van der Waals surface area contributed by atoms with Crippen LogP contribution in [0.1, 0.15) is 19.4 Å². The van der Waals surface area contributed by atoms with Gasteiger partial charge in [-0.25, -0.2) is 0 Å². The molecule has 1 aromatic carbocycles. The van der Waals surface area contributed by atoms with E-state index < -0.39 is 30.3 Å². The molecule has 1 aromatic rings. The minimum absolute atomic E-state index is 0.00113. The molecule has 0 amide bonds. The summed E-state index contributed by atoms with van der Waals surface area (Å²) in [5.41, 5.74) is 0.878. The third-order valence-electron chi connectivity index (χ3n) is 3.05. The molecule has 5 nitrogen and oxygen atoms in total. The van der Waals surface area contributed by atoms with Gasteiger partial charge in [0.1, 0.15) is 24.9 Å². The van der Waals surface area contributed by atoms with Crippen LogP contribution in [0, 0.1) is 11.8 Å². The minimum Gasteiger partial charge on any atom is -0.463 e. The molecule has 23 heavy (non-hydrogen) atoms. The van der Waals surface area contributed by atoms with Crippen LogP contribution in [0.5, 0.6) is 0 Å². The van der Waals surface area contributed by atoms with Crippen LogP contribution in [0.2, 0.25) is 0 Å². The second-order valence-corrected chi connectivity index (χ2v) is 4.99. The molecule has 0 fully saturated rings. The quantitative estimate of drug-likeness (QED) is 0.484. The van der Waals surface area contributed by atoms with Crippen LogP contribution in [0.3, 0.4) is 0 Å². The first-order valence-corrected chi connectivity index (χ1v) is 7.25. The van der Waals surface area contributed by atoms with Crippen molar-refractivity contribution >= 4 is 11.9 Å². The van der Waals surface area contributed by atoms with Gasteiger partial charge in [0.2, 0.25) is 0 Å². The highest BCUT2D eigenvalue weighted by Crippen LogP contribution is 2.17. The van der Waals surface area contributed by atoms with Crippen LogP contribution in [-0.2, 0) is 23.8 Å². The van der Waals surface area contributed by atoms with Gasteiger partial charge in [-0.2, -0.15) is 0 Å². The van der Waals surface area contributed by atoms with Crippen LogP contribution in [-0.4, -0.2) is 36.9 Å². The zero-order valence-corrected chi connectivity index (χ0v) is 13.0. The molecular weight excluding hydrogens is 296 g/mol. The van der Waals surface area contributed by atoms with Crippen molar-refractivity contribution in [1.29, 1.82) is 0 Å². The Hall–Kier alpha value is -2.58. The van der Waals surface area contributed by atoms with Crippen LogP contribution < -0.4 is 0 Å². The Labute approximate surface area is 135 Å². The van der Waals surface area contributed by atoms with E-state index in [2.05, 4.69) is 11.8 Å². The smallest absolute Gasteiger partial charge is 0.303 e. The number of benzene rings is 1. The van der Waals surface area contributed by atoms with Gasteiger partial charge in [-0.1, -0.05) is 30.0 Å².